The molecule has 9 nitrogen and oxygen atoms in total. The predicted molar refractivity (Wildman–Crippen MR) is 122 cm³/mol. The van der Waals surface area contributed by atoms with Crippen molar-refractivity contribution in [2.24, 2.45) is 0 Å². The quantitative estimate of drug-likeness (QED) is 0.480. The van der Waals surface area contributed by atoms with Gasteiger partial charge in [0, 0.05) is 34.9 Å². The summed E-state index contributed by atoms with van der Waals surface area (Å²) in [6, 6.07) is 12.1. The minimum atomic E-state index is -0.398. The number of allylic oxidation sites excluding steroid dienone is 2. The van der Waals surface area contributed by atoms with Crippen molar-refractivity contribution in [2.75, 3.05) is 6.54 Å². The Morgan fingerprint density at radius 1 is 1.06 bits per heavy atom. The molecule has 0 saturated heterocycles. The molecule has 2 aliphatic rings. The Labute approximate surface area is 200 Å². The molecule has 5 rings (SSSR count). The molecule has 3 heterocycles. The van der Waals surface area contributed by atoms with Gasteiger partial charge in [-0.05, 0) is 67.8 Å². The highest BCUT2D eigenvalue weighted by atomic mass is 16.3. The third-order valence-electron chi connectivity index (χ3n) is 6.40. The molecule has 1 atom stereocenters. The number of nitrogens with zero attached hydrogens (tertiary/aromatic N) is 1. The van der Waals surface area contributed by atoms with E-state index in [0.29, 0.717) is 11.1 Å². The van der Waals surface area contributed by atoms with Crippen LogP contribution in [0.1, 0.15) is 35.5 Å². The van der Waals surface area contributed by atoms with E-state index in [0.717, 1.165) is 35.1 Å². The van der Waals surface area contributed by atoms with Gasteiger partial charge in [-0.15, -0.1) is 0 Å². The Morgan fingerprint density at radius 3 is 2.37 bits per heavy atom. The normalized spacial score (nSPS) is 17.6. The molecule has 0 spiro atoms. The summed E-state index contributed by atoms with van der Waals surface area (Å²) >= 11 is 0. The third kappa shape index (κ3) is 4.42. The average Bonchev–Trinajstić information content (AvgIpc) is 3.20. The number of ketones is 1. The van der Waals surface area contributed by atoms with Crippen molar-refractivity contribution in [2.45, 2.75) is 25.8 Å². The fourth-order valence-corrected chi connectivity index (χ4v) is 4.65. The second kappa shape index (κ2) is 10.1. The molecule has 178 valence electrons. The lowest BCUT2D eigenvalue weighted by Gasteiger charge is -2.47. The number of H-pyrrole nitrogens is 1. The number of aromatic hydroxyl groups is 2. The first-order valence-electron chi connectivity index (χ1n) is 10.6. The van der Waals surface area contributed by atoms with E-state index in [2.05, 4.69) is 16.8 Å². The van der Waals surface area contributed by atoms with Crippen molar-refractivity contribution in [3.05, 3.63) is 82.7 Å². The molecule has 2 aliphatic heterocycles. The number of aromatic nitrogens is 1. The van der Waals surface area contributed by atoms with Crippen molar-refractivity contribution in [3.8, 4) is 11.5 Å². The maximum Gasteiger partial charge on any atom is 0.373 e. The van der Waals surface area contributed by atoms with Gasteiger partial charge in [-0.25, -0.2) is 0 Å². The number of carbonyl (C=O) groups excluding carboxylic acids is 5. The fraction of sp³-hybridized carbons (Fsp3) is 0.192. The molecule has 0 radical (unpaired) electrons. The highest BCUT2D eigenvalue weighted by molar-refractivity contribution is 6.12. The number of carbonyl (C=O) groups is 1. The summed E-state index contributed by atoms with van der Waals surface area (Å²) in [5, 5.41) is 21.1. The van der Waals surface area contributed by atoms with E-state index in [4.69, 9.17) is 19.2 Å². The second-order valence-electron chi connectivity index (χ2n) is 8.15. The number of para-hydroxylation sites is 1. The van der Waals surface area contributed by atoms with Crippen LogP contribution in [0.15, 0.2) is 65.9 Å². The van der Waals surface area contributed by atoms with Crippen LogP contribution in [0.2, 0.25) is 0 Å². The molecule has 3 aromatic rings. The SMILES string of the molecule is CC1=CC(C(=O)c2ccccc2O)=CN2CCc3c([nH]c4ccc(O)cc34)C12C.O=C=O.O=C=O. The number of aromatic amines is 1. The molecule has 1 unspecified atom stereocenters. The average molecular weight is 474 g/mol. The van der Waals surface area contributed by atoms with Crippen molar-refractivity contribution in [3.63, 3.8) is 0 Å². The Balaban J connectivity index is 0.000000520. The van der Waals surface area contributed by atoms with Crippen LogP contribution in [-0.4, -0.2) is 44.7 Å². The van der Waals surface area contributed by atoms with E-state index in [1.807, 2.05) is 31.3 Å². The number of phenols is 2. The van der Waals surface area contributed by atoms with Crippen LogP contribution in [0, 0.1) is 0 Å². The lowest BCUT2D eigenvalue weighted by molar-refractivity contribution is -0.193. The van der Waals surface area contributed by atoms with Gasteiger partial charge in [-0.3, -0.25) is 4.79 Å². The largest absolute Gasteiger partial charge is 0.508 e. The van der Waals surface area contributed by atoms with Crippen molar-refractivity contribution in [1.82, 2.24) is 9.88 Å². The molecule has 9 heteroatoms. The number of Topliss-reactive ketones (excluding diaryl/α,β-unsaturated/α-hetero) is 1. The Kier molecular flexibility index (Phi) is 7.16. The minimum Gasteiger partial charge on any atom is -0.508 e. The summed E-state index contributed by atoms with van der Waals surface area (Å²) in [5.74, 6) is 0.0734. The lowest BCUT2D eigenvalue weighted by atomic mass is 9.78. The summed E-state index contributed by atoms with van der Waals surface area (Å²) < 4.78 is 0. The molecular formula is C26H22N2O7. The van der Waals surface area contributed by atoms with Gasteiger partial charge >= 0.3 is 12.3 Å². The maximum absolute atomic E-state index is 13.0. The van der Waals surface area contributed by atoms with Crippen molar-refractivity contribution in [1.29, 1.82) is 0 Å². The van der Waals surface area contributed by atoms with Crippen LogP contribution < -0.4 is 0 Å². The molecule has 1 aromatic heterocycles. The summed E-state index contributed by atoms with van der Waals surface area (Å²) in [7, 11) is 0. The van der Waals surface area contributed by atoms with Gasteiger partial charge in [0.05, 0.1) is 11.1 Å². The maximum atomic E-state index is 13.0. The number of hydrogen-bond donors (Lipinski definition) is 3. The zero-order chi connectivity index (χ0) is 25.8. The predicted octanol–water partition coefficient (Wildman–Crippen LogP) is 3.21. The number of hydrogen-bond acceptors (Lipinski definition) is 8. The fourth-order valence-electron chi connectivity index (χ4n) is 4.65. The van der Waals surface area contributed by atoms with Gasteiger partial charge in [0.25, 0.3) is 0 Å². The van der Waals surface area contributed by atoms with Gasteiger partial charge < -0.3 is 20.1 Å². The number of fused-ring (bicyclic) bond motifs is 5. The van der Waals surface area contributed by atoms with E-state index in [9.17, 15) is 15.0 Å². The molecule has 0 fully saturated rings. The topological polar surface area (TPSA) is 145 Å². The van der Waals surface area contributed by atoms with Crippen molar-refractivity contribution >= 4 is 29.0 Å². The number of benzene rings is 2. The van der Waals surface area contributed by atoms with Gasteiger partial charge in [0.15, 0.2) is 5.78 Å². The second-order valence-corrected chi connectivity index (χ2v) is 8.15. The number of rotatable bonds is 2. The summed E-state index contributed by atoms with van der Waals surface area (Å²) in [6.45, 7) is 4.95. The Bertz CT molecular complexity index is 1410. The zero-order valence-electron chi connectivity index (χ0n) is 19.0. The first-order chi connectivity index (χ1) is 16.7. The Hall–Kier alpha value is -4.71. The van der Waals surface area contributed by atoms with Gasteiger partial charge in [0.1, 0.15) is 11.5 Å². The van der Waals surface area contributed by atoms with Crippen LogP contribution in [0.5, 0.6) is 11.5 Å². The third-order valence-corrected chi connectivity index (χ3v) is 6.40. The number of nitrogens with one attached hydrogen (secondary N) is 1. The van der Waals surface area contributed by atoms with E-state index >= 15 is 0 Å². The van der Waals surface area contributed by atoms with E-state index in [1.54, 1.807) is 24.3 Å². The van der Waals surface area contributed by atoms with Crippen LogP contribution in [0.3, 0.4) is 0 Å². The lowest BCUT2D eigenvalue weighted by Crippen LogP contribution is -2.48. The highest BCUT2D eigenvalue weighted by Gasteiger charge is 2.43. The molecule has 3 N–H and O–H groups in total. The van der Waals surface area contributed by atoms with Crippen LogP contribution >= 0.6 is 0 Å². The molecule has 0 amide bonds. The molecule has 0 saturated carbocycles. The van der Waals surface area contributed by atoms with Crippen LogP contribution in [0.4, 0.5) is 0 Å². The van der Waals surface area contributed by atoms with E-state index in [-0.39, 0.29) is 29.6 Å². The van der Waals surface area contributed by atoms with Gasteiger partial charge in [-0.1, -0.05) is 12.1 Å². The minimum absolute atomic E-state index is 0.00542. The first-order valence-corrected chi connectivity index (χ1v) is 10.6. The zero-order valence-corrected chi connectivity index (χ0v) is 19.0. The summed E-state index contributed by atoms with van der Waals surface area (Å²) in [6.07, 6.45) is 5.15. The van der Waals surface area contributed by atoms with E-state index < -0.39 is 5.54 Å². The molecule has 2 aromatic carbocycles. The smallest absolute Gasteiger partial charge is 0.373 e. The van der Waals surface area contributed by atoms with Crippen LogP contribution in [-0.2, 0) is 31.1 Å². The molecule has 0 bridgehead atoms. The van der Waals surface area contributed by atoms with E-state index in [1.165, 1.54) is 11.6 Å². The first kappa shape index (κ1) is 24.9. The van der Waals surface area contributed by atoms with Gasteiger partial charge in [-0.2, -0.15) is 19.2 Å². The van der Waals surface area contributed by atoms with Crippen LogP contribution in [0.25, 0.3) is 10.9 Å². The standard InChI is InChI=1S/C24H22N2O3.2CO2/c1-14-11-15(22(29)18-5-3-4-6-21(18)28)13-26-10-9-17-19-12-16(27)7-8-20(19)25-23(17)24(14,26)2;2*2-1-3/h3-8,11-13,25,27-28H,9-10H2,1-2H3;;. The molecule has 0 aliphatic carbocycles. The summed E-state index contributed by atoms with van der Waals surface area (Å²) in [5.41, 5.74) is 4.85. The number of phenolic OH excluding ortho intramolecular Hbond substituents is 2. The van der Waals surface area contributed by atoms with Crippen molar-refractivity contribution < 1.29 is 34.2 Å². The Morgan fingerprint density at radius 2 is 1.71 bits per heavy atom. The molecule has 35 heavy (non-hydrogen) atoms. The van der Waals surface area contributed by atoms with Gasteiger partial charge in [0.2, 0.25) is 0 Å². The monoisotopic (exact) mass is 474 g/mol. The highest BCUT2D eigenvalue weighted by Crippen LogP contribution is 2.46. The molecular weight excluding hydrogens is 452 g/mol. The summed E-state index contributed by atoms with van der Waals surface area (Å²) in [4.78, 5) is 51.3.